The van der Waals surface area contributed by atoms with Crippen LogP contribution in [0, 0.1) is 0 Å². The van der Waals surface area contributed by atoms with Crippen LogP contribution in [0.25, 0.3) is 0 Å². The fraction of sp³-hybridized carbons (Fsp3) is 0.889. The Balaban J connectivity index is 1.88. The van der Waals surface area contributed by atoms with Gasteiger partial charge in [0.05, 0.1) is 0 Å². The third kappa shape index (κ3) is 1.18. The van der Waals surface area contributed by atoms with Gasteiger partial charge < -0.3 is 24.6 Å². The Morgan fingerprint density at radius 3 is 2.67 bits per heavy atom. The molecule has 0 bridgehead atoms. The number of hydrogen-bond donors (Lipinski definition) is 2. The summed E-state index contributed by atoms with van der Waals surface area (Å²) >= 11 is 0. The molecule has 0 aromatic heterocycles. The maximum atomic E-state index is 11.0. The Kier molecular flexibility index (Phi) is 1.65. The first-order valence-electron chi connectivity index (χ1n) is 4.99. The first-order chi connectivity index (χ1) is 6.98. The average molecular weight is 215 g/mol. The number of aliphatic hydroxyl groups is 1. The molecule has 0 unspecified atom stereocenters. The maximum Gasteiger partial charge on any atom is 0.408 e. The van der Waals surface area contributed by atoms with E-state index in [-0.39, 0.29) is 12.1 Å². The van der Waals surface area contributed by atoms with Gasteiger partial charge in [0.25, 0.3) is 0 Å². The second-order valence-electron chi connectivity index (χ2n) is 4.60. The highest BCUT2D eigenvalue weighted by atomic mass is 16.8. The fourth-order valence-electron chi connectivity index (χ4n) is 2.55. The van der Waals surface area contributed by atoms with Crippen molar-refractivity contribution in [3.05, 3.63) is 0 Å². The number of hydrogen-bond acceptors (Lipinski definition) is 5. The zero-order chi connectivity index (χ0) is 10.8. The van der Waals surface area contributed by atoms with Crippen LogP contribution in [-0.2, 0) is 14.2 Å². The molecule has 15 heavy (non-hydrogen) atoms. The van der Waals surface area contributed by atoms with E-state index in [2.05, 4.69) is 5.32 Å². The standard InChI is InChI=1S/C9H13NO5/c1-9(2)14-6-3-5(13-8(12)10-3)4(11)7(6)15-9/h3-7,11H,1-2H3,(H,10,12)/t3-,4-,5+,6-,7+/m0/s1. The predicted molar refractivity (Wildman–Crippen MR) is 47.0 cm³/mol. The molecule has 1 aliphatic carbocycles. The van der Waals surface area contributed by atoms with Crippen LogP contribution in [0.3, 0.4) is 0 Å². The summed E-state index contributed by atoms with van der Waals surface area (Å²) in [4.78, 5) is 11.0. The molecule has 3 rings (SSSR count). The summed E-state index contributed by atoms with van der Waals surface area (Å²) in [7, 11) is 0. The van der Waals surface area contributed by atoms with Crippen LogP contribution in [0.4, 0.5) is 4.79 Å². The molecule has 2 N–H and O–H groups in total. The molecule has 1 amide bonds. The fourth-order valence-corrected chi connectivity index (χ4v) is 2.55. The molecule has 5 atom stereocenters. The SMILES string of the molecule is CC1(C)O[C@@H]2[C@@H](O)[C@@H]3OC(=O)N[C@@H]3[C@@H]2O1. The molecule has 3 aliphatic rings. The third-order valence-corrected chi connectivity index (χ3v) is 3.07. The van der Waals surface area contributed by atoms with Gasteiger partial charge in [-0.2, -0.15) is 0 Å². The molecule has 0 aromatic carbocycles. The second-order valence-corrected chi connectivity index (χ2v) is 4.60. The molecule has 6 heteroatoms. The molecule has 2 aliphatic heterocycles. The van der Waals surface area contributed by atoms with Gasteiger partial charge in [-0.1, -0.05) is 0 Å². The number of ether oxygens (including phenoxy) is 3. The van der Waals surface area contributed by atoms with Crippen LogP contribution in [0.2, 0.25) is 0 Å². The van der Waals surface area contributed by atoms with Gasteiger partial charge in [0.15, 0.2) is 11.9 Å². The van der Waals surface area contributed by atoms with Gasteiger partial charge in [0.1, 0.15) is 24.4 Å². The first-order valence-corrected chi connectivity index (χ1v) is 4.99. The molecule has 2 saturated heterocycles. The number of nitrogens with one attached hydrogen (secondary N) is 1. The van der Waals surface area contributed by atoms with Crippen molar-refractivity contribution in [1.82, 2.24) is 5.32 Å². The highest BCUT2D eigenvalue weighted by Gasteiger charge is 2.62. The lowest BCUT2D eigenvalue weighted by Gasteiger charge is -2.22. The monoisotopic (exact) mass is 215 g/mol. The van der Waals surface area contributed by atoms with Crippen LogP contribution in [0.1, 0.15) is 13.8 Å². The van der Waals surface area contributed by atoms with Crippen LogP contribution in [0.5, 0.6) is 0 Å². The van der Waals surface area contributed by atoms with Crippen molar-refractivity contribution >= 4 is 6.09 Å². The lowest BCUT2D eigenvalue weighted by Crippen LogP contribution is -2.40. The number of carbonyl (C=O) groups is 1. The van der Waals surface area contributed by atoms with Gasteiger partial charge >= 0.3 is 6.09 Å². The van der Waals surface area contributed by atoms with E-state index in [9.17, 15) is 9.90 Å². The Labute approximate surface area is 86.5 Å². The van der Waals surface area contributed by atoms with Gasteiger partial charge in [0, 0.05) is 0 Å². The molecule has 6 nitrogen and oxygen atoms in total. The lowest BCUT2D eigenvalue weighted by molar-refractivity contribution is -0.171. The Hall–Kier alpha value is -0.850. The summed E-state index contributed by atoms with van der Waals surface area (Å²) in [6.45, 7) is 3.56. The molecule has 3 fully saturated rings. The Morgan fingerprint density at radius 2 is 1.93 bits per heavy atom. The average Bonchev–Trinajstić information content (AvgIpc) is 2.69. The first kappa shape index (κ1) is 9.38. The zero-order valence-corrected chi connectivity index (χ0v) is 8.47. The minimum absolute atomic E-state index is 0.306. The molecular formula is C9H13NO5. The third-order valence-electron chi connectivity index (χ3n) is 3.07. The number of rotatable bonds is 0. The maximum absolute atomic E-state index is 11.0. The summed E-state index contributed by atoms with van der Waals surface area (Å²) in [5.41, 5.74) is 0. The van der Waals surface area contributed by atoms with E-state index in [1.54, 1.807) is 13.8 Å². The largest absolute Gasteiger partial charge is 0.441 e. The number of aliphatic hydroxyl groups excluding tert-OH is 1. The molecular weight excluding hydrogens is 202 g/mol. The van der Waals surface area contributed by atoms with E-state index in [1.165, 1.54) is 0 Å². The lowest BCUT2D eigenvalue weighted by atomic mass is 10.2. The van der Waals surface area contributed by atoms with E-state index in [0.717, 1.165) is 0 Å². The van der Waals surface area contributed by atoms with Crippen LogP contribution >= 0.6 is 0 Å². The van der Waals surface area contributed by atoms with Crippen LogP contribution in [0.15, 0.2) is 0 Å². The van der Waals surface area contributed by atoms with Gasteiger partial charge in [-0.25, -0.2) is 4.79 Å². The van der Waals surface area contributed by atoms with Crippen molar-refractivity contribution in [3.8, 4) is 0 Å². The summed E-state index contributed by atoms with van der Waals surface area (Å²) in [5.74, 6) is -0.714. The van der Waals surface area contributed by atoms with Crippen molar-refractivity contribution in [2.45, 2.75) is 50.1 Å². The Morgan fingerprint density at radius 1 is 1.27 bits per heavy atom. The number of alkyl carbamates (subject to hydrolysis) is 1. The van der Waals surface area contributed by atoms with Gasteiger partial charge in [-0.3, -0.25) is 0 Å². The number of fused-ring (bicyclic) bond motifs is 3. The van der Waals surface area contributed by atoms with Crippen molar-refractivity contribution < 1.29 is 24.1 Å². The van der Waals surface area contributed by atoms with E-state index in [0.29, 0.717) is 0 Å². The highest BCUT2D eigenvalue weighted by Crippen LogP contribution is 2.41. The van der Waals surface area contributed by atoms with E-state index in [4.69, 9.17) is 14.2 Å². The zero-order valence-electron chi connectivity index (χ0n) is 8.47. The van der Waals surface area contributed by atoms with Gasteiger partial charge in [-0.05, 0) is 13.8 Å². The van der Waals surface area contributed by atoms with Crippen molar-refractivity contribution in [1.29, 1.82) is 0 Å². The van der Waals surface area contributed by atoms with Gasteiger partial charge in [-0.15, -0.1) is 0 Å². The van der Waals surface area contributed by atoms with Crippen molar-refractivity contribution in [2.75, 3.05) is 0 Å². The predicted octanol–water partition coefficient (Wildman–Crippen LogP) is -0.642. The minimum atomic E-state index is -0.819. The second kappa shape index (κ2) is 2.63. The summed E-state index contributed by atoms with van der Waals surface area (Å²) < 4.78 is 16.1. The molecule has 0 radical (unpaired) electrons. The summed E-state index contributed by atoms with van der Waals surface area (Å²) in [6.07, 6.45) is -2.62. The van der Waals surface area contributed by atoms with E-state index in [1.807, 2.05) is 0 Å². The Bertz CT molecular complexity index is 318. The van der Waals surface area contributed by atoms with Crippen LogP contribution in [-0.4, -0.2) is 47.4 Å². The highest BCUT2D eigenvalue weighted by molar-refractivity contribution is 5.71. The van der Waals surface area contributed by atoms with Gasteiger partial charge in [0.2, 0.25) is 0 Å². The van der Waals surface area contributed by atoms with E-state index < -0.39 is 30.2 Å². The topological polar surface area (TPSA) is 77.0 Å². The quantitative estimate of drug-likeness (QED) is 0.562. The normalized spacial score (nSPS) is 50.9. The number of amides is 1. The minimum Gasteiger partial charge on any atom is -0.441 e. The van der Waals surface area contributed by atoms with E-state index >= 15 is 0 Å². The van der Waals surface area contributed by atoms with Crippen molar-refractivity contribution in [2.24, 2.45) is 0 Å². The smallest absolute Gasteiger partial charge is 0.408 e. The molecule has 0 spiro atoms. The molecule has 1 saturated carbocycles. The summed E-state index contributed by atoms with van der Waals surface area (Å²) in [6, 6.07) is -0.306. The molecule has 84 valence electrons. The van der Waals surface area contributed by atoms with Crippen LogP contribution < -0.4 is 5.32 Å². The summed E-state index contributed by atoms with van der Waals surface area (Å²) in [5, 5.41) is 12.5. The van der Waals surface area contributed by atoms with Crippen molar-refractivity contribution in [3.63, 3.8) is 0 Å². The number of carbonyl (C=O) groups excluding carboxylic acids is 1. The molecule has 2 heterocycles. The molecule has 0 aromatic rings.